The van der Waals surface area contributed by atoms with Crippen molar-refractivity contribution in [2.75, 3.05) is 0 Å². The van der Waals surface area contributed by atoms with Crippen molar-refractivity contribution in [3.8, 4) is 11.1 Å². The molecule has 5 nitrogen and oxygen atoms in total. The summed E-state index contributed by atoms with van der Waals surface area (Å²) in [5, 5.41) is 11.1. The summed E-state index contributed by atoms with van der Waals surface area (Å²) in [4.78, 5) is 22.2. The summed E-state index contributed by atoms with van der Waals surface area (Å²) < 4.78 is 0. The highest BCUT2D eigenvalue weighted by atomic mass is 16.6. The number of rotatable bonds is 4. The number of benzene rings is 2. The van der Waals surface area contributed by atoms with Crippen LogP contribution in [0.1, 0.15) is 15.9 Å². The smallest absolute Gasteiger partial charge is 0.277 e. The third kappa shape index (κ3) is 2.29. The van der Waals surface area contributed by atoms with Crippen LogP contribution >= 0.6 is 0 Å². The van der Waals surface area contributed by atoms with Crippen LogP contribution in [0.2, 0.25) is 0 Å². The number of hydrogen-bond acceptors (Lipinski definition) is 3. The molecule has 0 unspecified atom stereocenters. The van der Waals surface area contributed by atoms with Crippen LogP contribution in [0.15, 0.2) is 49.0 Å². The Morgan fingerprint density at radius 3 is 2.50 bits per heavy atom. The summed E-state index contributed by atoms with van der Waals surface area (Å²) in [5.41, 5.74) is 6.91. The number of para-hydroxylation sites is 1. The summed E-state index contributed by atoms with van der Waals surface area (Å²) in [6.45, 7) is 3.67. The van der Waals surface area contributed by atoms with Gasteiger partial charge in [-0.25, -0.2) is 0 Å². The molecule has 20 heavy (non-hydrogen) atoms. The number of nitro groups is 1. The van der Waals surface area contributed by atoms with Gasteiger partial charge in [-0.05, 0) is 17.7 Å². The molecule has 0 aliphatic heterocycles. The van der Waals surface area contributed by atoms with Crippen LogP contribution in [0.5, 0.6) is 0 Å². The van der Waals surface area contributed by atoms with E-state index in [9.17, 15) is 14.9 Å². The molecule has 100 valence electrons. The molecule has 1 amide bonds. The molecule has 0 saturated heterocycles. The second kappa shape index (κ2) is 5.36. The second-order valence-corrected chi connectivity index (χ2v) is 4.11. The highest BCUT2D eigenvalue weighted by Crippen LogP contribution is 2.35. The molecule has 0 atom stereocenters. The monoisotopic (exact) mass is 268 g/mol. The Morgan fingerprint density at radius 1 is 1.20 bits per heavy atom. The predicted molar refractivity (Wildman–Crippen MR) is 77.1 cm³/mol. The molecule has 2 aromatic rings. The molecule has 0 spiro atoms. The molecule has 0 aromatic heterocycles. The lowest BCUT2D eigenvalue weighted by molar-refractivity contribution is -0.384. The number of nitrogens with two attached hydrogens (primary N) is 1. The first-order chi connectivity index (χ1) is 9.56. The zero-order valence-electron chi connectivity index (χ0n) is 10.6. The molecule has 0 fully saturated rings. The molecule has 0 aliphatic carbocycles. The number of nitrogens with zero attached hydrogens (tertiary/aromatic N) is 1. The van der Waals surface area contributed by atoms with Crippen molar-refractivity contribution in [1.82, 2.24) is 0 Å². The van der Waals surface area contributed by atoms with Gasteiger partial charge < -0.3 is 5.73 Å². The minimum atomic E-state index is -0.637. The van der Waals surface area contributed by atoms with Crippen molar-refractivity contribution in [2.45, 2.75) is 0 Å². The standard InChI is InChI=1S/C15H12N2O3/c1-2-10-6-5-8-12(15(16)18)14(10)11-7-3-4-9-13(11)17(19)20/h2-9H,1H2,(H2,16,18). The van der Waals surface area contributed by atoms with E-state index in [1.165, 1.54) is 6.07 Å². The first-order valence-corrected chi connectivity index (χ1v) is 5.85. The minimum Gasteiger partial charge on any atom is -0.366 e. The van der Waals surface area contributed by atoms with Gasteiger partial charge in [0.05, 0.1) is 10.5 Å². The Bertz CT molecular complexity index is 708. The van der Waals surface area contributed by atoms with Gasteiger partial charge in [-0.1, -0.05) is 36.9 Å². The van der Waals surface area contributed by atoms with E-state index in [0.29, 0.717) is 16.7 Å². The number of hydrogen-bond donors (Lipinski definition) is 1. The second-order valence-electron chi connectivity index (χ2n) is 4.11. The molecular weight excluding hydrogens is 256 g/mol. The number of carbonyl (C=O) groups excluding carboxylic acids is 1. The molecule has 0 heterocycles. The van der Waals surface area contributed by atoms with E-state index in [4.69, 9.17) is 5.73 Å². The Balaban J connectivity index is 2.85. The SMILES string of the molecule is C=Cc1cccc(C(N)=O)c1-c1ccccc1[N+](=O)[O-]. The van der Waals surface area contributed by atoms with Crippen molar-refractivity contribution in [2.24, 2.45) is 5.73 Å². The van der Waals surface area contributed by atoms with Gasteiger partial charge in [-0.2, -0.15) is 0 Å². The average Bonchev–Trinajstić information content (AvgIpc) is 2.46. The van der Waals surface area contributed by atoms with E-state index in [-0.39, 0.29) is 11.3 Å². The van der Waals surface area contributed by atoms with Crippen LogP contribution < -0.4 is 5.73 Å². The van der Waals surface area contributed by atoms with Crippen LogP contribution in [0.4, 0.5) is 5.69 Å². The van der Waals surface area contributed by atoms with Crippen molar-refractivity contribution in [1.29, 1.82) is 0 Å². The molecule has 5 heteroatoms. The third-order valence-corrected chi connectivity index (χ3v) is 2.95. The van der Waals surface area contributed by atoms with Gasteiger partial charge in [0, 0.05) is 17.2 Å². The van der Waals surface area contributed by atoms with Crippen LogP contribution in [-0.4, -0.2) is 10.8 Å². The Morgan fingerprint density at radius 2 is 1.90 bits per heavy atom. The maximum absolute atomic E-state index is 11.6. The molecule has 2 N–H and O–H groups in total. The molecular formula is C15H12N2O3. The van der Waals surface area contributed by atoms with E-state index in [1.54, 1.807) is 42.5 Å². The molecule has 0 saturated carbocycles. The highest BCUT2D eigenvalue weighted by Gasteiger charge is 2.20. The lowest BCUT2D eigenvalue weighted by atomic mass is 9.93. The largest absolute Gasteiger partial charge is 0.366 e. The highest BCUT2D eigenvalue weighted by molar-refractivity contribution is 6.03. The zero-order valence-corrected chi connectivity index (χ0v) is 10.6. The minimum absolute atomic E-state index is 0.0794. The molecule has 2 rings (SSSR count). The third-order valence-electron chi connectivity index (χ3n) is 2.95. The molecule has 0 aliphatic rings. The topological polar surface area (TPSA) is 86.2 Å². The Kier molecular flexibility index (Phi) is 3.61. The normalized spacial score (nSPS) is 10.0. The van der Waals surface area contributed by atoms with Crippen molar-refractivity contribution >= 4 is 17.7 Å². The van der Waals surface area contributed by atoms with Gasteiger partial charge in [0.1, 0.15) is 0 Å². The summed E-state index contributed by atoms with van der Waals surface area (Å²) in [5.74, 6) is -0.637. The van der Waals surface area contributed by atoms with E-state index >= 15 is 0 Å². The number of primary amides is 1. The van der Waals surface area contributed by atoms with E-state index < -0.39 is 10.8 Å². The Labute approximate surface area is 115 Å². The van der Waals surface area contributed by atoms with Crippen LogP contribution in [0, 0.1) is 10.1 Å². The van der Waals surface area contributed by atoms with Crippen LogP contribution in [0.25, 0.3) is 17.2 Å². The summed E-state index contributed by atoms with van der Waals surface area (Å²) >= 11 is 0. The average molecular weight is 268 g/mol. The first kappa shape index (κ1) is 13.5. The number of amides is 1. The predicted octanol–water partition coefficient (Wildman–Crippen LogP) is 3.00. The van der Waals surface area contributed by atoms with Gasteiger partial charge in [-0.15, -0.1) is 0 Å². The maximum atomic E-state index is 11.6. The zero-order chi connectivity index (χ0) is 14.7. The van der Waals surface area contributed by atoms with E-state index in [0.717, 1.165) is 0 Å². The summed E-state index contributed by atoms with van der Waals surface area (Å²) in [6.07, 6.45) is 1.54. The number of carbonyl (C=O) groups is 1. The van der Waals surface area contributed by atoms with E-state index in [1.807, 2.05) is 0 Å². The lowest BCUT2D eigenvalue weighted by Crippen LogP contribution is -2.13. The fourth-order valence-corrected chi connectivity index (χ4v) is 2.09. The van der Waals surface area contributed by atoms with Crippen molar-refractivity contribution in [3.63, 3.8) is 0 Å². The molecule has 0 radical (unpaired) electrons. The summed E-state index contributed by atoms with van der Waals surface area (Å²) in [6, 6.07) is 11.2. The number of nitro benzene ring substituents is 1. The molecule has 2 aromatic carbocycles. The van der Waals surface area contributed by atoms with Crippen molar-refractivity contribution in [3.05, 3.63) is 70.3 Å². The van der Waals surface area contributed by atoms with Gasteiger partial charge in [-0.3, -0.25) is 14.9 Å². The summed E-state index contributed by atoms with van der Waals surface area (Å²) in [7, 11) is 0. The van der Waals surface area contributed by atoms with Gasteiger partial charge in [0.25, 0.3) is 5.69 Å². The van der Waals surface area contributed by atoms with E-state index in [2.05, 4.69) is 6.58 Å². The fraction of sp³-hybridized carbons (Fsp3) is 0. The first-order valence-electron chi connectivity index (χ1n) is 5.85. The fourth-order valence-electron chi connectivity index (χ4n) is 2.09. The maximum Gasteiger partial charge on any atom is 0.277 e. The molecule has 0 bridgehead atoms. The lowest BCUT2D eigenvalue weighted by Gasteiger charge is -2.11. The Hall–Kier alpha value is -2.95. The van der Waals surface area contributed by atoms with Crippen LogP contribution in [-0.2, 0) is 0 Å². The van der Waals surface area contributed by atoms with Gasteiger partial charge >= 0.3 is 0 Å². The van der Waals surface area contributed by atoms with Crippen molar-refractivity contribution < 1.29 is 9.72 Å². The quantitative estimate of drug-likeness (QED) is 0.683. The van der Waals surface area contributed by atoms with Crippen LogP contribution in [0.3, 0.4) is 0 Å². The van der Waals surface area contributed by atoms with Gasteiger partial charge in [0.2, 0.25) is 5.91 Å². The van der Waals surface area contributed by atoms with Gasteiger partial charge in [0.15, 0.2) is 0 Å².